The van der Waals surface area contributed by atoms with E-state index in [2.05, 4.69) is 41.0 Å². The van der Waals surface area contributed by atoms with Gasteiger partial charge in [-0.1, -0.05) is 44.2 Å². The molecule has 2 aromatic carbocycles. The van der Waals surface area contributed by atoms with E-state index in [1.54, 1.807) is 6.07 Å². The number of carbonyl (C=O) groups is 2. The molecule has 34 heavy (non-hydrogen) atoms. The summed E-state index contributed by atoms with van der Waals surface area (Å²) >= 11 is 0. The van der Waals surface area contributed by atoms with Gasteiger partial charge in [0.15, 0.2) is 0 Å². The summed E-state index contributed by atoms with van der Waals surface area (Å²) in [4.78, 5) is 41.0. The Morgan fingerprint density at radius 2 is 1.85 bits per heavy atom. The Morgan fingerprint density at radius 1 is 1.06 bits per heavy atom. The van der Waals surface area contributed by atoms with Crippen LogP contribution in [0, 0.1) is 0 Å². The molecule has 4 rings (SSSR count). The van der Waals surface area contributed by atoms with Crippen LogP contribution in [0.1, 0.15) is 37.1 Å². The van der Waals surface area contributed by atoms with Crippen LogP contribution in [0.4, 0.5) is 5.69 Å². The maximum Gasteiger partial charge on any atom is 0.325 e. The number of hydrogen-bond acceptors (Lipinski definition) is 5. The average molecular weight is 458 g/mol. The molecule has 2 aromatic heterocycles. The molecule has 7 nitrogen and oxygen atoms in total. The van der Waals surface area contributed by atoms with E-state index in [-0.39, 0.29) is 19.4 Å². The zero-order chi connectivity index (χ0) is 24.2. The molecule has 2 heterocycles. The van der Waals surface area contributed by atoms with Gasteiger partial charge in [-0.3, -0.25) is 19.4 Å². The summed E-state index contributed by atoms with van der Waals surface area (Å²) in [5, 5.41) is 4.96. The number of ether oxygens (including phenoxy) is 1. The first-order chi connectivity index (χ1) is 16.4. The lowest BCUT2D eigenvalue weighted by atomic mass is 9.93. The standard InChI is InChI=1S/C27H25N3O4.H2/c1-17(2)21-8-5-9-22-23(13-28-14-24(21)22)18-6-4-7-19(12-18)27(33)29-20-10-11-25(31)30(15-20)16-26(32)34-3;/h4-15,17H,16H2,1-3H3,(H,29,33);1H. The fourth-order valence-corrected chi connectivity index (χ4v) is 3.92. The lowest BCUT2D eigenvalue weighted by Gasteiger charge is -2.13. The van der Waals surface area contributed by atoms with Crippen molar-refractivity contribution in [2.75, 3.05) is 12.4 Å². The summed E-state index contributed by atoms with van der Waals surface area (Å²) in [5.74, 6) is -0.524. The SMILES string of the molecule is COC(=O)Cn1cc(NC(=O)c2cccc(-c3cncc4c(C(C)C)cccc34)c2)ccc1=O.[HH]. The highest BCUT2D eigenvalue weighted by molar-refractivity contribution is 6.06. The van der Waals surface area contributed by atoms with Crippen molar-refractivity contribution in [1.29, 1.82) is 0 Å². The maximum absolute atomic E-state index is 13.0. The van der Waals surface area contributed by atoms with Crippen LogP contribution in [0.15, 0.2) is 78.0 Å². The topological polar surface area (TPSA) is 90.3 Å². The van der Waals surface area contributed by atoms with Gasteiger partial charge < -0.3 is 14.6 Å². The first-order valence-corrected chi connectivity index (χ1v) is 10.9. The quantitative estimate of drug-likeness (QED) is 0.418. The molecule has 0 aliphatic rings. The van der Waals surface area contributed by atoms with Gasteiger partial charge >= 0.3 is 5.97 Å². The predicted molar refractivity (Wildman–Crippen MR) is 134 cm³/mol. The summed E-state index contributed by atoms with van der Waals surface area (Å²) in [5.41, 5.74) is 3.54. The molecule has 0 fully saturated rings. The van der Waals surface area contributed by atoms with Gasteiger partial charge in [0.2, 0.25) is 0 Å². The molecular weight excluding hydrogens is 430 g/mol. The second-order valence-electron chi connectivity index (χ2n) is 8.28. The largest absolute Gasteiger partial charge is 0.468 e. The molecule has 1 N–H and O–H groups in total. The zero-order valence-electron chi connectivity index (χ0n) is 19.2. The number of hydrogen-bond donors (Lipinski definition) is 1. The Hall–Kier alpha value is -4.26. The fraction of sp³-hybridized carbons (Fsp3) is 0.185. The van der Waals surface area contributed by atoms with Crippen LogP contribution < -0.4 is 10.9 Å². The molecule has 0 aliphatic carbocycles. The first-order valence-electron chi connectivity index (χ1n) is 10.9. The zero-order valence-corrected chi connectivity index (χ0v) is 19.2. The van der Waals surface area contributed by atoms with Crippen molar-refractivity contribution < 1.29 is 15.8 Å². The molecule has 0 radical (unpaired) electrons. The summed E-state index contributed by atoms with van der Waals surface area (Å²) in [6.45, 7) is 4.07. The third-order valence-corrected chi connectivity index (χ3v) is 5.66. The minimum absolute atomic E-state index is 0. The molecule has 0 saturated heterocycles. The van der Waals surface area contributed by atoms with Gasteiger partial charge in [0.1, 0.15) is 6.54 Å². The molecule has 7 heteroatoms. The van der Waals surface area contributed by atoms with Crippen molar-refractivity contribution in [2.24, 2.45) is 0 Å². The molecule has 0 unspecified atom stereocenters. The number of esters is 1. The summed E-state index contributed by atoms with van der Waals surface area (Å²) in [7, 11) is 1.25. The van der Waals surface area contributed by atoms with Crippen LogP contribution in [0.2, 0.25) is 0 Å². The second kappa shape index (κ2) is 9.70. The Bertz CT molecular complexity index is 1450. The van der Waals surface area contributed by atoms with Crippen LogP contribution in [0.5, 0.6) is 0 Å². The molecule has 0 atom stereocenters. The normalized spacial score (nSPS) is 10.9. The van der Waals surface area contributed by atoms with Crippen molar-refractivity contribution in [1.82, 2.24) is 9.55 Å². The van der Waals surface area contributed by atoms with Crippen LogP contribution in [-0.4, -0.2) is 28.5 Å². The minimum Gasteiger partial charge on any atom is -0.468 e. The third-order valence-electron chi connectivity index (χ3n) is 5.66. The predicted octanol–water partition coefficient (Wildman–Crippen LogP) is 4.86. The minimum atomic E-state index is -0.553. The highest BCUT2D eigenvalue weighted by Crippen LogP contribution is 2.32. The van der Waals surface area contributed by atoms with Gasteiger partial charge in [-0.25, -0.2) is 0 Å². The van der Waals surface area contributed by atoms with Crippen molar-refractivity contribution >= 4 is 28.3 Å². The molecular formula is C27H27N3O4. The van der Waals surface area contributed by atoms with E-state index in [0.717, 1.165) is 21.9 Å². The molecule has 0 saturated carbocycles. The van der Waals surface area contributed by atoms with Gasteiger partial charge in [-0.2, -0.15) is 0 Å². The van der Waals surface area contributed by atoms with Crippen LogP contribution in [-0.2, 0) is 16.1 Å². The first kappa shape index (κ1) is 22.9. The van der Waals surface area contributed by atoms with E-state index in [1.165, 1.54) is 35.6 Å². The van der Waals surface area contributed by atoms with Gasteiger partial charge in [0.05, 0.1) is 12.8 Å². The van der Waals surface area contributed by atoms with Gasteiger partial charge in [-0.05, 0) is 40.6 Å². The number of amides is 1. The van der Waals surface area contributed by atoms with Crippen molar-refractivity contribution in [2.45, 2.75) is 26.3 Å². The number of aromatic nitrogens is 2. The Balaban J connectivity index is 0.00000342. The Labute approximate surface area is 198 Å². The molecule has 0 aliphatic heterocycles. The number of carbonyl (C=O) groups excluding carboxylic acids is 2. The summed E-state index contributed by atoms with van der Waals surface area (Å²) in [6, 6.07) is 16.3. The molecule has 1 amide bonds. The van der Waals surface area contributed by atoms with E-state index in [0.29, 0.717) is 17.2 Å². The van der Waals surface area contributed by atoms with Crippen molar-refractivity contribution in [3.8, 4) is 11.1 Å². The van der Waals surface area contributed by atoms with Gasteiger partial charge in [0.25, 0.3) is 11.5 Å². The number of pyridine rings is 2. The monoisotopic (exact) mass is 457 g/mol. The number of fused-ring (bicyclic) bond motifs is 1. The number of methoxy groups -OCH3 is 1. The second-order valence-corrected chi connectivity index (χ2v) is 8.28. The molecule has 0 bridgehead atoms. The third kappa shape index (κ3) is 4.73. The lowest BCUT2D eigenvalue weighted by Crippen LogP contribution is -2.24. The smallest absolute Gasteiger partial charge is 0.325 e. The highest BCUT2D eigenvalue weighted by atomic mass is 16.5. The van der Waals surface area contributed by atoms with Gasteiger partial charge in [0, 0.05) is 42.6 Å². The fourth-order valence-electron chi connectivity index (χ4n) is 3.92. The lowest BCUT2D eigenvalue weighted by molar-refractivity contribution is -0.141. The average Bonchev–Trinajstić information content (AvgIpc) is 2.85. The van der Waals surface area contributed by atoms with E-state index >= 15 is 0 Å². The van der Waals surface area contributed by atoms with Crippen LogP contribution in [0.25, 0.3) is 21.9 Å². The number of nitrogens with one attached hydrogen (secondary N) is 1. The Morgan fingerprint density at radius 3 is 2.62 bits per heavy atom. The molecule has 174 valence electrons. The van der Waals surface area contributed by atoms with E-state index in [4.69, 9.17) is 0 Å². The summed E-state index contributed by atoms with van der Waals surface area (Å²) in [6.07, 6.45) is 5.11. The van der Waals surface area contributed by atoms with E-state index < -0.39 is 5.97 Å². The number of nitrogens with zero attached hydrogens (tertiary/aromatic N) is 2. The summed E-state index contributed by atoms with van der Waals surface area (Å²) < 4.78 is 5.80. The van der Waals surface area contributed by atoms with Crippen molar-refractivity contribution in [3.63, 3.8) is 0 Å². The number of benzene rings is 2. The maximum atomic E-state index is 13.0. The highest BCUT2D eigenvalue weighted by Gasteiger charge is 2.13. The van der Waals surface area contributed by atoms with Gasteiger partial charge in [-0.15, -0.1) is 0 Å². The van der Waals surface area contributed by atoms with Crippen LogP contribution in [0.3, 0.4) is 0 Å². The molecule has 0 spiro atoms. The number of anilines is 1. The van der Waals surface area contributed by atoms with E-state index in [1.807, 2.05) is 36.7 Å². The van der Waals surface area contributed by atoms with E-state index in [9.17, 15) is 14.4 Å². The Kier molecular flexibility index (Phi) is 6.54. The van der Waals surface area contributed by atoms with Crippen LogP contribution >= 0.6 is 0 Å². The molecule has 4 aromatic rings. The van der Waals surface area contributed by atoms with Crippen molar-refractivity contribution in [3.05, 3.63) is 94.7 Å². The number of rotatable bonds is 6.